The van der Waals surface area contributed by atoms with Crippen molar-refractivity contribution in [3.8, 4) is 0 Å². The SMILES string of the molecule is CCOC(=O)c1nc(C(=O)NC2CCCCC2)cs1. The van der Waals surface area contributed by atoms with Crippen molar-refractivity contribution in [2.24, 2.45) is 0 Å². The number of rotatable bonds is 4. The van der Waals surface area contributed by atoms with Crippen molar-refractivity contribution in [1.29, 1.82) is 0 Å². The number of nitrogens with one attached hydrogen (secondary N) is 1. The van der Waals surface area contributed by atoms with Crippen molar-refractivity contribution in [1.82, 2.24) is 10.3 Å². The highest BCUT2D eigenvalue weighted by molar-refractivity contribution is 7.11. The topological polar surface area (TPSA) is 68.3 Å². The van der Waals surface area contributed by atoms with Crippen LogP contribution in [0.2, 0.25) is 0 Å². The summed E-state index contributed by atoms with van der Waals surface area (Å²) in [5, 5.41) is 4.81. The number of thiazole rings is 1. The van der Waals surface area contributed by atoms with Crippen LogP contribution >= 0.6 is 11.3 Å². The third-order valence-electron chi connectivity index (χ3n) is 3.13. The van der Waals surface area contributed by atoms with E-state index in [9.17, 15) is 9.59 Å². The molecule has 1 aliphatic rings. The van der Waals surface area contributed by atoms with Crippen LogP contribution in [0.25, 0.3) is 0 Å². The second-order valence-corrected chi connectivity index (χ2v) is 5.42. The highest BCUT2D eigenvalue weighted by Crippen LogP contribution is 2.18. The molecule has 0 spiro atoms. The average Bonchev–Trinajstić information content (AvgIpc) is 2.90. The van der Waals surface area contributed by atoms with Crippen LogP contribution in [0.4, 0.5) is 0 Å². The van der Waals surface area contributed by atoms with Crippen LogP contribution in [0, 0.1) is 0 Å². The van der Waals surface area contributed by atoms with Crippen LogP contribution in [0.15, 0.2) is 5.38 Å². The van der Waals surface area contributed by atoms with Gasteiger partial charge in [-0.15, -0.1) is 11.3 Å². The number of hydrogen-bond donors (Lipinski definition) is 1. The minimum Gasteiger partial charge on any atom is -0.461 e. The van der Waals surface area contributed by atoms with Gasteiger partial charge in [0, 0.05) is 11.4 Å². The fourth-order valence-corrected chi connectivity index (χ4v) is 2.86. The van der Waals surface area contributed by atoms with E-state index in [4.69, 9.17) is 4.74 Å². The van der Waals surface area contributed by atoms with Gasteiger partial charge in [0.2, 0.25) is 5.01 Å². The Morgan fingerprint density at radius 3 is 2.84 bits per heavy atom. The molecule has 0 bridgehead atoms. The first-order chi connectivity index (χ1) is 9.20. The fourth-order valence-electron chi connectivity index (χ4n) is 2.17. The third kappa shape index (κ3) is 3.76. The first kappa shape index (κ1) is 14.0. The van der Waals surface area contributed by atoms with Crippen LogP contribution in [-0.4, -0.2) is 29.5 Å². The zero-order valence-electron chi connectivity index (χ0n) is 11.0. The van der Waals surface area contributed by atoms with E-state index in [0.29, 0.717) is 12.3 Å². The number of hydrogen-bond acceptors (Lipinski definition) is 5. The lowest BCUT2D eigenvalue weighted by Crippen LogP contribution is -2.36. The number of carbonyl (C=O) groups is 2. The van der Waals surface area contributed by atoms with Crippen molar-refractivity contribution in [2.75, 3.05) is 6.61 Å². The number of amides is 1. The molecule has 1 aromatic rings. The molecular weight excluding hydrogens is 264 g/mol. The van der Waals surface area contributed by atoms with Crippen molar-refractivity contribution >= 4 is 23.2 Å². The molecule has 0 atom stereocenters. The van der Waals surface area contributed by atoms with Gasteiger partial charge in [0.25, 0.3) is 5.91 Å². The standard InChI is InChI=1S/C13H18N2O3S/c1-2-18-13(17)12-15-10(8-19-12)11(16)14-9-6-4-3-5-7-9/h8-9H,2-7H2,1H3,(H,14,16). The van der Waals surface area contributed by atoms with E-state index < -0.39 is 5.97 Å². The Morgan fingerprint density at radius 2 is 2.16 bits per heavy atom. The van der Waals surface area contributed by atoms with Crippen LogP contribution in [-0.2, 0) is 4.74 Å². The lowest BCUT2D eigenvalue weighted by Gasteiger charge is -2.22. The van der Waals surface area contributed by atoms with Gasteiger partial charge in [0.1, 0.15) is 5.69 Å². The van der Waals surface area contributed by atoms with Crippen LogP contribution in [0.3, 0.4) is 0 Å². The molecule has 1 saturated carbocycles. The Bertz CT molecular complexity index is 452. The smallest absolute Gasteiger partial charge is 0.367 e. The largest absolute Gasteiger partial charge is 0.461 e. The normalized spacial score (nSPS) is 16.1. The van der Waals surface area contributed by atoms with E-state index in [1.54, 1.807) is 12.3 Å². The lowest BCUT2D eigenvalue weighted by atomic mass is 9.95. The Balaban J connectivity index is 1.93. The number of aromatic nitrogens is 1. The minimum atomic E-state index is -0.468. The van der Waals surface area contributed by atoms with Gasteiger partial charge in [-0.05, 0) is 19.8 Å². The molecule has 0 aromatic carbocycles. The Hall–Kier alpha value is -1.43. The second-order valence-electron chi connectivity index (χ2n) is 4.57. The Kier molecular flexibility index (Phi) is 4.90. The quantitative estimate of drug-likeness (QED) is 0.861. The van der Waals surface area contributed by atoms with E-state index in [2.05, 4.69) is 10.3 Å². The number of esters is 1. The maximum absolute atomic E-state index is 12.0. The van der Waals surface area contributed by atoms with Gasteiger partial charge in [-0.3, -0.25) is 4.79 Å². The lowest BCUT2D eigenvalue weighted by molar-refractivity contribution is 0.0526. The zero-order valence-corrected chi connectivity index (χ0v) is 11.8. The van der Waals surface area contributed by atoms with E-state index in [1.807, 2.05) is 0 Å². The zero-order chi connectivity index (χ0) is 13.7. The van der Waals surface area contributed by atoms with Gasteiger partial charge in [0.05, 0.1) is 6.61 Å². The molecular formula is C13H18N2O3S. The summed E-state index contributed by atoms with van der Waals surface area (Å²) in [4.78, 5) is 27.5. The third-order valence-corrected chi connectivity index (χ3v) is 3.95. The molecule has 5 nitrogen and oxygen atoms in total. The number of nitrogens with zero attached hydrogens (tertiary/aromatic N) is 1. The molecule has 1 amide bonds. The molecule has 2 rings (SSSR count). The molecule has 1 N–H and O–H groups in total. The van der Waals surface area contributed by atoms with Gasteiger partial charge in [-0.25, -0.2) is 9.78 Å². The van der Waals surface area contributed by atoms with Crippen molar-refractivity contribution < 1.29 is 14.3 Å². The van der Waals surface area contributed by atoms with E-state index in [0.717, 1.165) is 37.0 Å². The molecule has 6 heteroatoms. The summed E-state index contributed by atoms with van der Waals surface area (Å²) < 4.78 is 4.85. The van der Waals surface area contributed by atoms with E-state index in [1.165, 1.54) is 6.42 Å². The fraction of sp³-hybridized carbons (Fsp3) is 0.615. The molecule has 0 saturated heterocycles. The predicted molar refractivity (Wildman–Crippen MR) is 72.4 cm³/mol. The number of carbonyl (C=O) groups excluding carboxylic acids is 2. The molecule has 1 fully saturated rings. The molecule has 19 heavy (non-hydrogen) atoms. The highest BCUT2D eigenvalue weighted by atomic mass is 32.1. The second kappa shape index (κ2) is 6.65. The molecule has 1 heterocycles. The molecule has 104 valence electrons. The molecule has 0 radical (unpaired) electrons. The summed E-state index contributed by atoms with van der Waals surface area (Å²) in [6, 6.07) is 0.244. The van der Waals surface area contributed by atoms with E-state index in [-0.39, 0.29) is 17.0 Å². The predicted octanol–water partition coefficient (Wildman–Crippen LogP) is 2.38. The minimum absolute atomic E-state index is 0.196. The monoisotopic (exact) mass is 282 g/mol. The average molecular weight is 282 g/mol. The summed E-state index contributed by atoms with van der Waals surface area (Å²) in [6.07, 6.45) is 5.63. The van der Waals surface area contributed by atoms with Crippen LogP contribution in [0.5, 0.6) is 0 Å². The van der Waals surface area contributed by atoms with Gasteiger partial charge in [-0.1, -0.05) is 19.3 Å². The molecule has 1 aromatic heterocycles. The Labute approximate surface area is 116 Å². The first-order valence-electron chi connectivity index (χ1n) is 6.64. The molecule has 1 aliphatic carbocycles. The first-order valence-corrected chi connectivity index (χ1v) is 7.52. The van der Waals surface area contributed by atoms with Gasteiger partial charge < -0.3 is 10.1 Å². The van der Waals surface area contributed by atoms with Gasteiger partial charge >= 0.3 is 5.97 Å². The summed E-state index contributed by atoms with van der Waals surface area (Å²) in [5.74, 6) is -0.664. The van der Waals surface area contributed by atoms with Gasteiger partial charge in [0.15, 0.2) is 0 Å². The molecule has 0 aliphatic heterocycles. The van der Waals surface area contributed by atoms with Crippen molar-refractivity contribution in [3.05, 3.63) is 16.1 Å². The maximum atomic E-state index is 12.0. The van der Waals surface area contributed by atoms with E-state index >= 15 is 0 Å². The summed E-state index contributed by atoms with van der Waals surface area (Å²) >= 11 is 1.14. The Morgan fingerprint density at radius 1 is 1.42 bits per heavy atom. The van der Waals surface area contributed by atoms with Crippen LogP contribution < -0.4 is 5.32 Å². The van der Waals surface area contributed by atoms with Crippen LogP contribution in [0.1, 0.15) is 59.3 Å². The van der Waals surface area contributed by atoms with Crippen molar-refractivity contribution in [2.45, 2.75) is 45.1 Å². The maximum Gasteiger partial charge on any atom is 0.367 e. The highest BCUT2D eigenvalue weighted by Gasteiger charge is 2.20. The summed E-state index contributed by atoms with van der Waals surface area (Å²) in [6.45, 7) is 2.05. The summed E-state index contributed by atoms with van der Waals surface area (Å²) in [7, 11) is 0. The van der Waals surface area contributed by atoms with Gasteiger partial charge in [-0.2, -0.15) is 0 Å². The molecule has 0 unspecified atom stereocenters. The number of ether oxygens (including phenoxy) is 1. The van der Waals surface area contributed by atoms with Crippen molar-refractivity contribution in [3.63, 3.8) is 0 Å². The summed E-state index contributed by atoms with van der Waals surface area (Å²) in [5.41, 5.74) is 0.304.